The fraction of sp³-hybridized carbons (Fsp3) is 0.867. The van der Waals surface area contributed by atoms with Gasteiger partial charge in [-0.25, -0.2) is 4.79 Å². The second-order valence-corrected chi connectivity index (χ2v) is 4.97. The Morgan fingerprint density at radius 1 is 1.05 bits per heavy atom. The maximum Gasteiger partial charge on any atom is 0.396 e. The SMILES string of the molecule is CCCCCOC(=O)C(=O)NCC(CC)CCCC. The van der Waals surface area contributed by atoms with Crippen LogP contribution < -0.4 is 5.32 Å². The lowest BCUT2D eigenvalue weighted by Gasteiger charge is -2.14. The Morgan fingerprint density at radius 2 is 1.74 bits per heavy atom. The lowest BCUT2D eigenvalue weighted by Crippen LogP contribution is -2.36. The Morgan fingerprint density at radius 3 is 2.32 bits per heavy atom. The summed E-state index contributed by atoms with van der Waals surface area (Å²) in [5.74, 6) is -0.898. The van der Waals surface area contributed by atoms with Gasteiger partial charge in [0.15, 0.2) is 0 Å². The summed E-state index contributed by atoms with van der Waals surface area (Å²) >= 11 is 0. The van der Waals surface area contributed by atoms with E-state index < -0.39 is 11.9 Å². The van der Waals surface area contributed by atoms with Crippen LogP contribution in [0.3, 0.4) is 0 Å². The van der Waals surface area contributed by atoms with E-state index in [4.69, 9.17) is 4.74 Å². The van der Waals surface area contributed by atoms with Gasteiger partial charge in [-0.05, 0) is 18.8 Å². The van der Waals surface area contributed by atoms with Gasteiger partial charge in [-0.1, -0.05) is 52.9 Å². The summed E-state index contributed by atoms with van der Waals surface area (Å²) in [7, 11) is 0. The van der Waals surface area contributed by atoms with Crippen molar-refractivity contribution in [3.05, 3.63) is 0 Å². The lowest BCUT2D eigenvalue weighted by molar-refractivity contribution is -0.155. The molecule has 0 heterocycles. The van der Waals surface area contributed by atoms with E-state index in [2.05, 4.69) is 26.1 Å². The standard InChI is InChI=1S/C15H29NO3/c1-4-7-9-11-19-15(18)14(17)16-12-13(6-3)10-8-5-2/h13H,4-12H2,1-3H3,(H,16,17). The van der Waals surface area contributed by atoms with Gasteiger partial charge < -0.3 is 10.1 Å². The molecule has 0 aliphatic rings. The fourth-order valence-electron chi connectivity index (χ4n) is 1.84. The van der Waals surface area contributed by atoms with Gasteiger partial charge in [0, 0.05) is 6.54 Å². The zero-order chi connectivity index (χ0) is 14.5. The Bertz CT molecular complexity index is 254. The molecule has 4 nitrogen and oxygen atoms in total. The van der Waals surface area contributed by atoms with E-state index in [-0.39, 0.29) is 0 Å². The second-order valence-electron chi connectivity index (χ2n) is 4.97. The number of amides is 1. The van der Waals surface area contributed by atoms with Gasteiger partial charge >= 0.3 is 11.9 Å². The number of unbranched alkanes of at least 4 members (excludes halogenated alkanes) is 3. The number of ether oxygens (including phenoxy) is 1. The number of carbonyl (C=O) groups is 2. The number of hydrogen-bond acceptors (Lipinski definition) is 3. The highest BCUT2D eigenvalue weighted by molar-refractivity contribution is 6.32. The molecular formula is C15H29NO3. The van der Waals surface area contributed by atoms with E-state index in [0.717, 1.165) is 44.9 Å². The topological polar surface area (TPSA) is 55.4 Å². The minimum atomic E-state index is -0.749. The molecule has 0 fully saturated rings. The highest BCUT2D eigenvalue weighted by atomic mass is 16.5. The second kappa shape index (κ2) is 12.0. The third-order valence-corrected chi connectivity index (χ3v) is 3.26. The molecule has 0 aliphatic carbocycles. The largest absolute Gasteiger partial charge is 0.459 e. The molecular weight excluding hydrogens is 242 g/mol. The summed E-state index contributed by atoms with van der Waals surface area (Å²) in [6.45, 7) is 7.25. The van der Waals surface area contributed by atoms with Crippen LogP contribution in [0, 0.1) is 5.92 Å². The first-order chi connectivity index (χ1) is 9.15. The van der Waals surface area contributed by atoms with Crippen molar-refractivity contribution < 1.29 is 14.3 Å². The van der Waals surface area contributed by atoms with Crippen LogP contribution in [0.2, 0.25) is 0 Å². The van der Waals surface area contributed by atoms with Crippen LogP contribution in [0.15, 0.2) is 0 Å². The van der Waals surface area contributed by atoms with Crippen LogP contribution in [0.1, 0.15) is 65.7 Å². The first-order valence-electron chi connectivity index (χ1n) is 7.60. The third kappa shape index (κ3) is 9.51. The predicted octanol–water partition coefficient (Wildman–Crippen LogP) is 3.05. The smallest absolute Gasteiger partial charge is 0.396 e. The van der Waals surface area contributed by atoms with Crippen molar-refractivity contribution in [2.75, 3.05) is 13.2 Å². The Balaban J connectivity index is 3.78. The summed E-state index contributed by atoms with van der Waals surface area (Å²) in [4.78, 5) is 22.9. The summed E-state index contributed by atoms with van der Waals surface area (Å²) in [5, 5.41) is 2.67. The van der Waals surface area contributed by atoms with Gasteiger partial charge in [0.2, 0.25) is 0 Å². The molecule has 0 radical (unpaired) electrons. The minimum absolute atomic E-state index is 0.340. The molecule has 4 heteroatoms. The number of carbonyl (C=O) groups excluding carboxylic acids is 2. The maximum atomic E-state index is 11.5. The molecule has 0 aromatic carbocycles. The molecule has 0 bridgehead atoms. The molecule has 1 atom stereocenters. The molecule has 0 aromatic rings. The van der Waals surface area contributed by atoms with Crippen LogP contribution in [0.25, 0.3) is 0 Å². The average molecular weight is 271 g/mol. The van der Waals surface area contributed by atoms with Crippen LogP contribution in [-0.4, -0.2) is 25.0 Å². The highest BCUT2D eigenvalue weighted by Crippen LogP contribution is 2.11. The Labute approximate surface area is 117 Å². The first kappa shape index (κ1) is 17.9. The molecule has 0 aliphatic heterocycles. The molecule has 112 valence electrons. The molecule has 0 rings (SSSR count). The molecule has 0 spiro atoms. The maximum absolute atomic E-state index is 11.5. The summed E-state index contributed by atoms with van der Waals surface area (Å²) in [5.41, 5.74) is 0. The zero-order valence-electron chi connectivity index (χ0n) is 12.7. The minimum Gasteiger partial charge on any atom is -0.459 e. The highest BCUT2D eigenvalue weighted by Gasteiger charge is 2.16. The van der Waals surface area contributed by atoms with Crippen LogP contribution in [0.4, 0.5) is 0 Å². The van der Waals surface area contributed by atoms with Crippen LogP contribution in [-0.2, 0) is 14.3 Å². The first-order valence-corrected chi connectivity index (χ1v) is 7.60. The van der Waals surface area contributed by atoms with Crippen molar-refractivity contribution in [1.29, 1.82) is 0 Å². The molecule has 1 amide bonds. The molecule has 0 saturated carbocycles. The van der Waals surface area contributed by atoms with E-state index in [1.54, 1.807) is 0 Å². The van der Waals surface area contributed by atoms with Crippen LogP contribution in [0.5, 0.6) is 0 Å². The summed E-state index contributed by atoms with van der Waals surface area (Å²) < 4.78 is 4.90. The molecule has 1 N–H and O–H groups in total. The quantitative estimate of drug-likeness (QED) is 0.377. The molecule has 19 heavy (non-hydrogen) atoms. The van der Waals surface area contributed by atoms with Gasteiger partial charge in [-0.15, -0.1) is 0 Å². The zero-order valence-corrected chi connectivity index (χ0v) is 12.7. The number of rotatable bonds is 10. The Kier molecular flexibility index (Phi) is 11.3. The Hall–Kier alpha value is -1.06. The summed E-state index contributed by atoms with van der Waals surface area (Å²) in [6.07, 6.45) is 7.34. The van der Waals surface area contributed by atoms with Gasteiger partial charge in [-0.2, -0.15) is 0 Å². The lowest BCUT2D eigenvalue weighted by atomic mass is 9.99. The van der Waals surface area contributed by atoms with Crippen molar-refractivity contribution in [3.63, 3.8) is 0 Å². The number of hydrogen-bond donors (Lipinski definition) is 1. The van der Waals surface area contributed by atoms with Gasteiger partial charge in [-0.3, -0.25) is 4.79 Å². The molecule has 0 saturated heterocycles. The van der Waals surface area contributed by atoms with Gasteiger partial charge in [0.05, 0.1) is 6.61 Å². The predicted molar refractivity (Wildman–Crippen MR) is 76.8 cm³/mol. The van der Waals surface area contributed by atoms with Crippen molar-refractivity contribution in [1.82, 2.24) is 5.32 Å². The van der Waals surface area contributed by atoms with Crippen molar-refractivity contribution in [3.8, 4) is 0 Å². The van der Waals surface area contributed by atoms with Crippen molar-refractivity contribution >= 4 is 11.9 Å². The van der Waals surface area contributed by atoms with E-state index in [1.165, 1.54) is 0 Å². The van der Waals surface area contributed by atoms with Crippen molar-refractivity contribution in [2.24, 2.45) is 5.92 Å². The third-order valence-electron chi connectivity index (χ3n) is 3.26. The van der Waals surface area contributed by atoms with E-state index in [1.807, 2.05) is 0 Å². The van der Waals surface area contributed by atoms with E-state index in [9.17, 15) is 9.59 Å². The van der Waals surface area contributed by atoms with Crippen LogP contribution >= 0.6 is 0 Å². The van der Waals surface area contributed by atoms with Gasteiger partial charge in [0.25, 0.3) is 0 Å². The number of nitrogens with one attached hydrogen (secondary N) is 1. The van der Waals surface area contributed by atoms with E-state index in [0.29, 0.717) is 19.1 Å². The van der Waals surface area contributed by atoms with E-state index >= 15 is 0 Å². The normalized spacial score (nSPS) is 11.9. The summed E-state index contributed by atoms with van der Waals surface area (Å²) in [6, 6.07) is 0. The molecule has 1 unspecified atom stereocenters. The molecule has 0 aromatic heterocycles. The average Bonchev–Trinajstić information content (AvgIpc) is 2.43. The fourth-order valence-corrected chi connectivity index (χ4v) is 1.84. The van der Waals surface area contributed by atoms with Crippen molar-refractivity contribution in [2.45, 2.75) is 65.7 Å². The monoisotopic (exact) mass is 271 g/mol. The number of esters is 1. The van der Waals surface area contributed by atoms with Gasteiger partial charge in [0.1, 0.15) is 0 Å².